The van der Waals surface area contributed by atoms with Crippen LogP contribution in [-0.4, -0.2) is 25.8 Å². The number of hydrogen-bond acceptors (Lipinski definition) is 3. The van der Waals surface area contributed by atoms with Gasteiger partial charge < -0.3 is 4.42 Å². The van der Waals surface area contributed by atoms with E-state index >= 15 is 0 Å². The van der Waals surface area contributed by atoms with Crippen molar-refractivity contribution in [3.8, 4) is 0 Å². The first-order valence-electron chi connectivity index (χ1n) is 6.67. The third kappa shape index (κ3) is 2.39. The van der Waals surface area contributed by atoms with Crippen LogP contribution in [0.5, 0.6) is 0 Å². The first-order chi connectivity index (χ1) is 9.57. The molecular weight excluding hydrogens is 274 g/mol. The Morgan fingerprint density at radius 3 is 2.60 bits per heavy atom. The molecule has 0 spiro atoms. The number of rotatable bonds is 3. The molecule has 1 aromatic heterocycles. The highest BCUT2D eigenvalue weighted by Gasteiger charge is 2.34. The van der Waals surface area contributed by atoms with E-state index in [-0.39, 0.29) is 5.92 Å². The van der Waals surface area contributed by atoms with Crippen LogP contribution in [0.15, 0.2) is 52.0 Å². The van der Waals surface area contributed by atoms with Crippen molar-refractivity contribution in [2.24, 2.45) is 0 Å². The maximum atomic E-state index is 12.6. The molecule has 1 unspecified atom stereocenters. The van der Waals surface area contributed by atoms with Crippen LogP contribution >= 0.6 is 0 Å². The summed E-state index contributed by atoms with van der Waals surface area (Å²) in [5, 5.41) is 0. The fourth-order valence-electron chi connectivity index (χ4n) is 2.56. The summed E-state index contributed by atoms with van der Waals surface area (Å²) >= 11 is 0. The van der Waals surface area contributed by atoms with Crippen molar-refractivity contribution in [1.82, 2.24) is 4.31 Å². The van der Waals surface area contributed by atoms with Crippen LogP contribution in [0.25, 0.3) is 0 Å². The van der Waals surface area contributed by atoms with Crippen molar-refractivity contribution in [2.45, 2.75) is 24.2 Å². The van der Waals surface area contributed by atoms with Gasteiger partial charge in [-0.3, -0.25) is 0 Å². The third-order valence-corrected chi connectivity index (χ3v) is 5.63. The number of nitrogens with zero attached hydrogens (tertiary/aromatic N) is 1. The van der Waals surface area contributed by atoms with Gasteiger partial charge in [0.25, 0.3) is 0 Å². The van der Waals surface area contributed by atoms with Gasteiger partial charge in [-0.1, -0.05) is 17.7 Å². The smallest absolute Gasteiger partial charge is 0.243 e. The zero-order valence-electron chi connectivity index (χ0n) is 11.3. The van der Waals surface area contributed by atoms with E-state index in [1.54, 1.807) is 22.7 Å². The fraction of sp³-hybridized carbons (Fsp3) is 0.333. The molecule has 2 aromatic rings. The van der Waals surface area contributed by atoms with Crippen molar-refractivity contribution < 1.29 is 12.8 Å². The largest absolute Gasteiger partial charge is 0.469 e. The maximum Gasteiger partial charge on any atom is 0.243 e. The van der Waals surface area contributed by atoms with Gasteiger partial charge in [-0.2, -0.15) is 4.31 Å². The molecule has 1 aliphatic rings. The Hall–Kier alpha value is -1.59. The second kappa shape index (κ2) is 5.07. The highest BCUT2D eigenvalue weighted by atomic mass is 32.2. The van der Waals surface area contributed by atoms with Crippen LogP contribution < -0.4 is 0 Å². The van der Waals surface area contributed by atoms with Gasteiger partial charge in [0.05, 0.1) is 11.2 Å². The van der Waals surface area contributed by atoms with Crippen molar-refractivity contribution in [3.63, 3.8) is 0 Å². The Bertz CT molecular complexity index is 674. The van der Waals surface area contributed by atoms with E-state index in [0.717, 1.165) is 17.7 Å². The molecule has 1 aromatic carbocycles. The summed E-state index contributed by atoms with van der Waals surface area (Å²) in [6.45, 7) is 2.98. The summed E-state index contributed by atoms with van der Waals surface area (Å²) < 4.78 is 32.0. The van der Waals surface area contributed by atoms with Gasteiger partial charge in [0.1, 0.15) is 5.76 Å². The lowest BCUT2D eigenvalue weighted by Crippen LogP contribution is -2.28. The minimum absolute atomic E-state index is 0.158. The lowest BCUT2D eigenvalue weighted by Gasteiger charge is -2.16. The topological polar surface area (TPSA) is 50.5 Å². The van der Waals surface area contributed by atoms with Crippen molar-refractivity contribution in [1.29, 1.82) is 0 Å². The average Bonchev–Trinajstić information content (AvgIpc) is 3.10. The standard InChI is InChI=1S/C15H17NO3S/c1-12-4-6-14(7-5-12)20(17,18)16-9-8-13(11-16)15-3-2-10-19-15/h2-7,10,13H,8-9,11H2,1H3. The van der Waals surface area contributed by atoms with Crippen LogP contribution in [0.4, 0.5) is 0 Å². The van der Waals surface area contributed by atoms with Gasteiger partial charge >= 0.3 is 0 Å². The van der Waals surface area contributed by atoms with E-state index in [1.165, 1.54) is 0 Å². The van der Waals surface area contributed by atoms with Crippen molar-refractivity contribution in [2.75, 3.05) is 13.1 Å². The molecule has 1 saturated heterocycles. The molecule has 0 N–H and O–H groups in total. The van der Waals surface area contributed by atoms with E-state index in [4.69, 9.17) is 4.42 Å². The molecule has 20 heavy (non-hydrogen) atoms. The zero-order valence-corrected chi connectivity index (χ0v) is 12.1. The predicted molar refractivity (Wildman–Crippen MR) is 76.0 cm³/mol. The van der Waals surface area contributed by atoms with E-state index in [2.05, 4.69) is 0 Å². The molecule has 4 nitrogen and oxygen atoms in total. The Kier molecular flexibility index (Phi) is 3.40. The highest BCUT2D eigenvalue weighted by Crippen LogP contribution is 2.31. The van der Waals surface area contributed by atoms with Gasteiger partial charge in [-0.05, 0) is 37.6 Å². The molecule has 1 aliphatic heterocycles. The van der Waals surface area contributed by atoms with Crippen molar-refractivity contribution in [3.05, 3.63) is 54.0 Å². The van der Waals surface area contributed by atoms with Gasteiger partial charge in [0.15, 0.2) is 0 Å². The lowest BCUT2D eigenvalue weighted by molar-refractivity contribution is 0.445. The average molecular weight is 291 g/mol. The minimum Gasteiger partial charge on any atom is -0.469 e. The third-order valence-electron chi connectivity index (χ3n) is 3.76. The summed E-state index contributed by atoms with van der Waals surface area (Å²) in [5.74, 6) is 1.02. The molecule has 106 valence electrons. The maximum absolute atomic E-state index is 12.6. The molecule has 0 aliphatic carbocycles. The second-order valence-corrected chi connectivity index (χ2v) is 7.12. The number of sulfonamides is 1. The SMILES string of the molecule is Cc1ccc(S(=O)(=O)N2CCC(c3ccco3)C2)cc1. The van der Waals surface area contributed by atoms with E-state index in [1.807, 2.05) is 31.2 Å². The van der Waals surface area contributed by atoms with E-state index in [0.29, 0.717) is 18.0 Å². The molecule has 0 radical (unpaired) electrons. The first-order valence-corrected chi connectivity index (χ1v) is 8.11. The molecule has 0 bridgehead atoms. The van der Waals surface area contributed by atoms with Crippen LogP contribution in [0.2, 0.25) is 0 Å². The lowest BCUT2D eigenvalue weighted by atomic mass is 10.1. The van der Waals surface area contributed by atoms with Gasteiger partial charge in [-0.25, -0.2) is 8.42 Å². The van der Waals surface area contributed by atoms with Gasteiger partial charge in [0, 0.05) is 19.0 Å². The first kappa shape index (κ1) is 13.4. The summed E-state index contributed by atoms with van der Waals surface area (Å²) in [6, 6.07) is 10.7. The molecule has 0 saturated carbocycles. The molecule has 1 fully saturated rings. The quantitative estimate of drug-likeness (QED) is 0.873. The summed E-state index contributed by atoms with van der Waals surface area (Å²) in [5.41, 5.74) is 1.05. The van der Waals surface area contributed by atoms with Crippen LogP contribution in [-0.2, 0) is 10.0 Å². The Morgan fingerprint density at radius 1 is 1.20 bits per heavy atom. The monoisotopic (exact) mass is 291 g/mol. The Balaban J connectivity index is 1.81. The number of benzene rings is 1. The number of hydrogen-bond donors (Lipinski definition) is 0. The normalized spacial score (nSPS) is 20.4. The van der Waals surface area contributed by atoms with Crippen LogP contribution in [0.3, 0.4) is 0 Å². The molecule has 0 amide bonds. The van der Waals surface area contributed by atoms with Crippen LogP contribution in [0.1, 0.15) is 23.7 Å². The van der Waals surface area contributed by atoms with Crippen molar-refractivity contribution >= 4 is 10.0 Å². The van der Waals surface area contributed by atoms with E-state index < -0.39 is 10.0 Å². The van der Waals surface area contributed by atoms with Gasteiger partial charge in [-0.15, -0.1) is 0 Å². The van der Waals surface area contributed by atoms with Gasteiger partial charge in [0.2, 0.25) is 10.0 Å². The van der Waals surface area contributed by atoms with Crippen LogP contribution in [0, 0.1) is 6.92 Å². The summed E-state index contributed by atoms with van der Waals surface area (Å²) in [7, 11) is -3.39. The molecule has 2 heterocycles. The Labute approximate surface area is 119 Å². The van der Waals surface area contributed by atoms with E-state index in [9.17, 15) is 8.42 Å². The Morgan fingerprint density at radius 2 is 1.95 bits per heavy atom. The molecular formula is C15H17NO3S. The molecule has 5 heteroatoms. The second-order valence-electron chi connectivity index (χ2n) is 5.18. The summed E-state index contributed by atoms with van der Waals surface area (Å²) in [4.78, 5) is 0.364. The highest BCUT2D eigenvalue weighted by molar-refractivity contribution is 7.89. The molecule has 1 atom stereocenters. The zero-order chi connectivity index (χ0) is 14.2. The fourth-order valence-corrected chi connectivity index (χ4v) is 4.06. The summed E-state index contributed by atoms with van der Waals surface area (Å²) in [6.07, 6.45) is 2.44. The minimum atomic E-state index is -3.39. The molecule has 3 rings (SSSR count). The number of furan rings is 1. The number of aryl methyl sites for hydroxylation is 1. The predicted octanol–water partition coefficient (Wildman–Crippen LogP) is 2.77.